The Balaban J connectivity index is 2.17. The quantitative estimate of drug-likeness (QED) is 0.790. The summed E-state index contributed by atoms with van der Waals surface area (Å²) in [6, 6.07) is 0.703. The van der Waals surface area contributed by atoms with Crippen molar-refractivity contribution >= 4 is 0 Å². The maximum atomic E-state index is 12.5. The highest BCUT2D eigenvalue weighted by molar-refractivity contribution is 5.27. The number of hydrogen-bond donors (Lipinski definition) is 1. The third-order valence-electron chi connectivity index (χ3n) is 3.36. The van der Waals surface area contributed by atoms with Gasteiger partial charge in [-0.1, -0.05) is 13.8 Å². The zero-order valence-corrected chi connectivity index (χ0v) is 10.8. The number of rotatable bonds is 7. The Morgan fingerprint density at radius 1 is 1.35 bits per heavy atom. The van der Waals surface area contributed by atoms with Crippen LogP contribution >= 0.6 is 0 Å². The van der Waals surface area contributed by atoms with Gasteiger partial charge in [0, 0.05) is 23.8 Å². The Labute approximate surface area is 102 Å². The molecule has 0 aromatic carbocycles. The highest BCUT2D eigenvalue weighted by atomic mass is 19.1. The number of nitrogens with zero attached hydrogens (tertiary/aromatic N) is 2. The second-order valence-corrected chi connectivity index (χ2v) is 4.65. The van der Waals surface area contributed by atoms with Crippen molar-refractivity contribution in [3.63, 3.8) is 0 Å². The van der Waals surface area contributed by atoms with E-state index in [9.17, 15) is 4.39 Å². The molecule has 1 fully saturated rings. The Kier molecular flexibility index (Phi) is 4.15. The van der Waals surface area contributed by atoms with Gasteiger partial charge >= 0.3 is 0 Å². The fourth-order valence-corrected chi connectivity index (χ4v) is 2.27. The van der Waals surface area contributed by atoms with Crippen molar-refractivity contribution in [2.24, 2.45) is 0 Å². The predicted octanol–water partition coefficient (Wildman–Crippen LogP) is 2.23. The van der Waals surface area contributed by atoms with Crippen LogP contribution in [-0.4, -0.2) is 22.5 Å². The van der Waals surface area contributed by atoms with Crippen LogP contribution in [0.15, 0.2) is 0 Å². The van der Waals surface area contributed by atoms with Gasteiger partial charge in [-0.15, -0.1) is 0 Å². The molecule has 0 aliphatic heterocycles. The van der Waals surface area contributed by atoms with Crippen molar-refractivity contribution in [3.8, 4) is 0 Å². The zero-order chi connectivity index (χ0) is 12.3. The number of aromatic nitrogens is 2. The lowest BCUT2D eigenvalue weighted by Gasteiger charge is -2.07. The first-order valence-electron chi connectivity index (χ1n) is 6.66. The van der Waals surface area contributed by atoms with Gasteiger partial charge < -0.3 is 5.32 Å². The molecular weight excluding hydrogens is 217 g/mol. The third-order valence-corrected chi connectivity index (χ3v) is 3.36. The van der Waals surface area contributed by atoms with Crippen LogP contribution in [0.25, 0.3) is 0 Å². The van der Waals surface area contributed by atoms with Crippen LogP contribution < -0.4 is 5.32 Å². The van der Waals surface area contributed by atoms with Gasteiger partial charge in [0.05, 0.1) is 12.2 Å². The summed E-state index contributed by atoms with van der Waals surface area (Å²) in [6.45, 7) is 5.17. The standard InChI is InChI=1S/C13H22FN3/c1-3-12-11(9-15-10-5-6-10)13(4-2)17(16-12)8-7-14/h10,15H,3-9H2,1-2H3. The highest BCUT2D eigenvalue weighted by Gasteiger charge is 2.22. The molecule has 0 bridgehead atoms. The fourth-order valence-electron chi connectivity index (χ4n) is 2.27. The van der Waals surface area contributed by atoms with Crippen molar-refractivity contribution < 1.29 is 4.39 Å². The number of alkyl halides is 1. The van der Waals surface area contributed by atoms with E-state index in [0.717, 1.165) is 25.1 Å². The molecule has 1 N–H and O–H groups in total. The molecule has 2 rings (SSSR count). The summed E-state index contributed by atoms with van der Waals surface area (Å²) in [5.74, 6) is 0. The largest absolute Gasteiger partial charge is 0.310 e. The molecule has 4 heteroatoms. The van der Waals surface area contributed by atoms with E-state index in [1.165, 1.54) is 24.1 Å². The van der Waals surface area contributed by atoms with Crippen LogP contribution in [0.3, 0.4) is 0 Å². The molecule has 0 saturated heterocycles. The van der Waals surface area contributed by atoms with Gasteiger partial charge in [0.2, 0.25) is 0 Å². The molecule has 1 aromatic rings. The van der Waals surface area contributed by atoms with Gasteiger partial charge in [-0.3, -0.25) is 4.68 Å². The van der Waals surface area contributed by atoms with E-state index in [-0.39, 0.29) is 6.67 Å². The monoisotopic (exact) mass is 239 g/mol. The fraction of sp³-hybridized carbons (Fsp3) is 0.769. The van der Waals surface area contributed by atoms with Crippen LogP contribution in [0, 0.1) is 0 Å². The topological polar surface area (TPSA) is 29.9 Å². The van der Waals surface area contributed by atoms with Crippen LogP contribution in [-0.2, 0) is 25.9 Å². The second kappa shape index (κ2) is 5.63. The van der Waals surface area contributed by atoms with Gasteiger partial charge in [-0.2, -0.15) is 5.10 Å². The van der Waals surface area contributed by atoms with Crippen molar-refractivity contribution in [1.82, 2.24) is 15.1 Å². The highest BCUT2D eigenvalue weighted by Crippen LogP contribution is 2.22. The number of halogens is 1. The molecule has 3 nitrogen and oxygen atoms in total. The first-order valence-corrected chi connectivity index (χ1v) is 6.66. The summed E-state index contributed by atoms with van der Waals surface area (Å²) >= 11 is 0. The molecular formula is C13H22FN3. The van der Waals surface area contributed by atoms with Crippen molar-refractivity contribution in [1.29, 1.82) is 0 Å². The Bertz CT molecular complexity index is 369. The second-order valence-electron chi connectivity index (χ2n) is 4.65. The van der Waals surface area contributed by atoms with Crippen molar-refractivity contribution in [2.75, 3.05) is 6.67 Å². The number of nitrogens with one attached hydrogen (secondary N) is 1. The molecule has 0 spiro atoms. The van der Waals surface area contributed by atoms with E-state index in [0.29, 0.717) is 12.6 Å². The van der Waals surface area contributed by atoms with E-state index < -0.39 is 0 Å². The van der Waals surface area contributed by atoms with Crippen LogP contribution in [0.2, 0.25) is 0 Å². The normalized spacial score (nSPS) is 15.5. The first-order chi connectivity index (χ1) is 8.30. The summed E-state index contributed by atoms with van der Waals surface area (Å²) in [4.78, 5) is 0. The predicted molar refractivity (Wildman–Crippen MR) is 66.8 cm³/mol. The summed E-state index contributed by atoms with van der Waals surface area (Å²) in [5, 5.41) is 8.05. The van der Waals surface area contributed by atoms with Crippen molar-refractivity contribution in [2.45, 2.75) is 58.7 Å². The maximum Gasteiger partial charge on any atom is 0.109 e. The Morgan fingerprint density at radius 2 is 2.12 bits per heavy atom. The van der Waals surface area contributed by atoms with Gasteiger partial charge in [0.25, 0.3) is 0 Å². The van der Waals surface area contributed by atoms with Gasteiger partial charge in [-0.25, -0.2) is 4.39 Å². The first kappa shape index (κ1) is 12.6. The average Bonchev–Trinajstić information content (AvgIpc) is 3.10. The van der Waals surface area contributed by atoms with Gasteiger partial charge in [0.15, 0.2) is 0 Å². The molecule has 0 atom stereocenters. The molecule has 1 aliphatic rings. The van der Waals surface area contributed by atoms with E-state index in [1.807, 2.05) is 4.68 Å². The lowest BCUT2D eigenvalue weighted by atomic mass is 10.1. The molecule has 0 unspecified atom stereocenters. The number of aryl methyl sites for hydroxylation is 2. The lowest BCUT2D eigenvalue weighted by molar-refractivity contribution is 0.419. The maximum absolute atomic E-state index is 12.5. The molecule has 1 aromatic heterocycles. The van der Waals surface area contributed by atoms with Crippen molar-refractivity contribution in [3.05, 3.63) is 17.0 Å². The molecule has 17 heavy (non-hydrogen) atoms. The molecule has 0 radical (unpaired) electrons. The molecule has 1 aliphatic carbocycles. The van der Waals surface area contributed by atoms with E-state index in [1.54, 1.807) is 0 Å². The number of hydrogen-bond acceptors (Lipinski definition) is 2. The van der Waals surface area contributed by atoms with E-state index >= 15 is 0 Å². The average molecular weight is 239 g/mol. The van der Waals surface area contributed by atoms with E-state index in [2.05, 4.69) is 24.3 Å². The van der Waals surface area contributed by atoms with Crippen LogP contribution in [0.4, 0.5) is 4.39 Å². The molecule has 0 amide bonds. The minimum Gasteiger partial charge on any atom is -0.310 e. The van der Waals surface area contributed by atoms with Crippen LogP contribution in [0.1, 0.15) is 43.6 Å². The van der Waals surface area contributed by atoms with Gasteiger partial charge in [-0.05, 0) is 25.7 Å². The summed E-state index contributed by atoms with van der Waals surface area (Å²) in [7, 11) is 0. The molecule has 96 valence electrons. The van der Waals surface area contributed by atoms with E-state index in [4.69, 9.17) is 0 Å². The summed E-state index contributed by atoms with van der Waals surface area (Å²) < 4.78 is 14.3. The molecule has 1 heterocycles. The van der Waals surface area contributed by atoms with Gasteiger partial charge in [0.1, 0.15) is 6.67 Å². The Hall–Kier alpha value is -0.900. The third kappa shape index (κ3) is 2.86. The van der Waals surface area contributed by atoms with Crippen LogP contribution in [0.5, 0.6) is 0 Å². The minimum absolute atomic E-state index is 0.340. The lowest BCUT2D eigenvalue weighted by Crippen LogP contribution is -2.17. The summed E-state index contributed by atoms with van der Waals surface area (Å²) in [6.07, 6.45) is 4.44. The SMILES string of the molecule is CCc1nn(CCF)c(CC)c1CNC1CC1. The smallest absolute Gasteiger partial charge is 0.109 e. The molecule has 1 saturated carbocycles. The zero-order valence-electron chi connectivity index (χ0n) is 10.8. The summed E-state index contributed by atoms with van der Waals surface area (Å²) in [5.41, 5.74) is 3.63. The minimum atomic E-state index is -0.340. The Morgan fingerprint density at radius 3 is 2.65 bits per heavy atom.